The molecule has 0 spiro atoms. The fourth-order valence-corrected chi connectivity index (χ4v) is 3.59. The monoisotopic (exact) mass is 444 g/mol. The number of H-pyrrole nitrogens is 1. The van der Waals surface area contributed by atoms with Crippen LogP contribution in [0.4, 0.5) is 0 Å². The Labute approximate surface area is 191 Å². The number of aromatic nitrogens is 4. The molecule has 8 nitrogen and oxygen atoms in total. The molecule has 0 atom stereocenters. The summed E-state index contributed by atoms with van der Waals surface area (Å²) in [5.41, 5.74) is 1.52. The lowest BCUT2D eigenvalue weighted by atomic mass is 10.0. The van der Waals surface area contributed by atoms with Crippen LogP contribution in [0.25, 0.3) is 32.9 Å². The van der Waals surface area contributed by atoms with Crippen molar-refractivity contribution in [2.24, 2.45) is 0 Å². The summed E-state index contributed by atoms with van der Waals surface area (Å²) in [6, 6.07) is 11.6. The number of methoxy groups -OCH3 is 4. The molecule has 0 aliphatic heterocycles. The minimum atomic E-state index is 0.642. The topological polar surface area (TPSA) is 91.4 Å². The van der Waals surface area contributed by atoms with Gasteiger partial charge >= 0.3 is 0 Å². The summed E-state index contributed by atoms with van der Waals surface area (Å²) >= 11 is 0. The second kappa shape index (κ2) is 9.86. The quantitative estimate of drug-likeness (QED) is 0.412. The van der Waals surface area contributed by atoms with E-state index < -0.39 is 0 Å². The first-order valence-electron chi connectivity index (χ1n) is 10.1. The molecule has 168 valence electrons. The molecule has 5 rings (SSSR count). The van der Waals surface area contributed by atoms with Crippen molar-refractivity contribution in [1.29, 1.82) is 0 Å². The van der Waals surface area contributed by atoms with Gasteiger partial charge in [0.1, 0.15) is 0 Å². The molecule has 3 heterocycles. The van der Waals surface area contributed by atoms with Gasteiger partial charge in [0.25, 0.3) is 0 Å². The molecule has 5 aromatic rings. The Balaban J connectivity index is 0.000000459. The van der Waals surface area contributed by atoms with Crippen LogP contribution in [0.15, 0.2) is 67.5 Å². The van der Waals surface area contributed by atoms with Crippen LogP contribution < -0.4 is 18.9 Å². The van der Waals surface area contributed by atoms with Gasteiger partial charge in [-0.25, -0.2) is 4.98 Å². The zero-order valence-electron chi connectivity index (χ0n) is 18.8. The third-order valence-corrected chi connectivity index (χ3v) is 5.17. The predicted molar refractivity (Wildman–Crippen MR) is 127 cm³/mol. The number of fused-ring (bicyclic) bond motifs is 2. The van der Waals surface area contributed by atoms with Crippen molar-refractivity contribution >= 4 is 21.5 Å². The van der Waals surface area contributed by atoms with Crippen molar-refractivity contribution in [3.05, 3.63) is 67.5 Å². The highest BCUT2D eigenvalue weighted by Gasteiger charge is 2.16. The summed E-state index contributed by atoms with van der Waals surface area (Å²) in [4.78, 5) is 15.7. The number of benzene rings is 2. The maximum Gasteiger partial charge on any atom is 0.161 e. The van der Waals surface area contributed by atoms with Crippen molar-refractivity contribution in [2.45, 2.75) is 0 Å². The van der Waals surface area contributed by atoms with Crippen LogP contribution in [0.2, 0.25) is 0 Å². The minimum absolute atomic E-state index is 0.642. The van der Waals surface area contributed by atoms with Crippen molar-refractivity contribution in [3.8, 4) is 34.4 Å². The van der Waals surface area contributed by atoms with Gasteiger partial charge in [0.15, 0.2) is 23.0 Å². The van der Waals surface area contributed by atoms with Crippen molar-refractivity contribution in [1.82, 2.24) is 19.9 Å². The maximum atomic E-state index is 5.48. The molecule has 1 N–H and O–H groups in total. The number of rotatable bonds is 5. The number of nitrogens with one attached hydrogen (secondary N) is 1. The molecule has 0 radical (unpaired) electrons. The van der Waals surface area contributed by atoms with Crippen molar-refractivity contribution < 1.29 is 18.9 Å². The van der Waals surface area contributed by atoms with Crippen molar-refractivity contribution in [2.75, 3.05) is 28.4 Å². The molecule has 0 aliphatic carbocycles. The minimum Gasteiger partial charge on any atom is -0.493 e. The fourth-order valence-electron chi connectivity index (χ4n) is 3.59. The van der Waals surface area contributed by atoms with Gasteiger partial charge in [-0.1, -0.05) is 0 Å². The van der Waals surface area contributed by atoms with Crippen LogP contribution >= 0.6 is 0 Å². The number of aromatic amines is 1. The normalized spacial score (nSPS) is 10.4. The molecule has 0 saturated heterocycles. The maximum absolute atomic E-state index is 5.48. The van der Waals surface area contributed by atoms with Crippen LogP contribution in [0.1, 0.15) is 0 Å². The largest absolute Gasteiger partial charge is 0.493 e. The van der Waals surface area contributed by atoms with E-state index in [2.05, 4.69) is 19.9 Å². The smallest absolute Gasteiger partial charge is 0.161 e. The number of hydrogen-bond donors (Lipinski definition) is 1. The summed E-state index contributed by atoms with van der Waals surface area (Å²) < 4.78 is 21.8. The number of nitrogens with zero attached hydrogens (tertiary/aromatic N) is 3. The molecule has 0 bridgehead atoms. The van der Waals surface area contributed by atoms with Crippen molar-refractivity contribution in [3.63, 3.8) is 0 Å². The Bertz CT molecular complexity index is 1260. The van der Waals surface area contributed by atoms with E-state index in [1.807, 2.05) is 36.4 Å². The molecule has 0 unspecified atom stereocenters. The first kappa shape index (κ1) is 21.9. The molecular formula is C25H24N4O4. The highest BCUT2D eigenvalue weighted by Crippen LogP contribution is 2.39. The molecule has 2 aromatic carbocycles. The standard InChI is InChI=1S/C22H20N2O4.C3H4N2/c1-25-17-9-13-5-7-23-21(15(13)11-19(17)27-3)22-16-12-20(28-4)18(26-2)10-14(16)6-8-24-22;1-2-5-3-4-1/h5-12H,1-4H3;1-3H,(H,4,5). The first-order chi connectivity index (χ1) is 16.2. The second-order valence-corrected chi connectivity index (χ2v) is 6.94. The molecule has 33 heavy (non-hydrogen) atoms. The summed E-state index contributed by atoms with van der Waals surface area (Å²) in [6.45, 7) is 0. The lowest BCUT2D eigenvalue weighted by Gasteiger charge is -2.14. The fraction of sp³-hybridized carbons (Fsp3) is 0.160. The van der Waals surface area contributed by atoms with Gasteiger partial charge < -0.3 is 23.9 Å². The van der Waals surface area contributed by atoms with Crippen LogP contribution in [0.3, 0.4) is 0 Å². The lowest BCUT2D eigenvalue weighted by molar-refractivity contribution is 0.356. The molecule has 8 heteroatoms. The zero-order chi connectivity index (χ0) is 23.2. The first-order valence-corrected chi connectivity index (χ1v) is 10.1. The SMILES string of the molecule is COc1cc2ccnc(-c3nccc4cc(OC)c(OC)cc34)c2cc1OC.c1c[nH]cn1. The molecular weight excluding hydrogens is 420 g/mol. The summed E-state index contributed by atoms with van der Waals surface area (Å²) in [7, 11) is 6.48. The molecule has 0 aliphatic rings. The van der Waals surface area contributed by atoms with Crippen LogP contribution in [-0.2, 0) is 0 Å². The van der Waals surface area contributed by atoms with Crippen LogP contribution in [0.5, 0.6) is 23.0 Å². The van der Waals surface area contributed by atoms with E-state index in [-0.39, 0.29) is 0 Å². The second-order valence-electron chi connectivity index (χ2n) is 6.94. The third kappa shape index (κ3) is 4.36. The summed E-state index contributed by atoms with van der Waals surface area (Å²) in [5, 5.41) is 3.83. The number of imidazole rings is 1. The zero-order valence-corrected chi connectivity index (χ0v) is 18.8. The highest BCUT2D eigenvalue weighted by atomic mass is 16.5. The van der Waals surface area contributed by atoms with E-state index >= 15 is 0 Å². The third-order valence-electron chi connectivity index (χ3n) is 5.17. The van der Waals surface area contributed by atoms with E-state index in [0.717, 1.165) is 32.9 Å². The van der Waals surface area contributed by atoms with Gasteiger partial charge in [-0.15, -0.1) is 0 Å². The predicted octanol–water partition coefficient (Wildman–Crippen LogP) is 4.89. The van der Waals surface area contributed by atoms with Crippen LogP contribution in [-0.4, -0.2) is 48.4 Å². The van der Waals surface area contributed by atoms with Gasteiger partial charge in [-0.3, -0.25) is 9.97 Å². The van der Waals surface area contributed by atoms with E-state index in [1.165, 1.54) is 0 Å². The number of ether oxygens (including phenoxy) is 4. The highest BCUT2D eigenvalue weighted by molar-refractivity contribution is 6.04. The molecule has 0 amide bonds. The average Bonchev–Trinajstić information content (AvgIpc) is 3.46. The average molecular weight is 444 g/mol. The Morgan fingerprint density at radius 3 is 1.39 bits per heavy atom. The van der Waals surface area contributed by atoms with E-state index in [0.29, 0.717) is 23.0 Å². The summed E-state index contributed by atoms with van der Waals surface area (Å²) in [5.74, 6) is 2.63. The van der Waals surface area contributed by atoms with Gasteiger partial charge in [0, 0.05) is 35.6 Å². The Hall–Kier alpha value is -4.33. The lowest BCUT2D eigenvalue weighted by Crippen LogP contribution is -1.95. The van der Waals surface area contributed by atoms with E-state index in [9.17, 15) is 0 Å². The molecule has 0 fully saturated rings. The van der Waals surface area contributed by atoms with Gasteiger partial charge in [-0.2, -0.15) is 0 Å². The van der Waals surface area contributed by atoms with Crippen LogP contribution in [0, 0.1) is 0 Å². The van der Waals surface area contributed by atoms with E-state index in [4.69, 9.17) is 18.9 Å². The van der Waals surface area contributed by atoms with E-state index in [1.54, 1.807) is 59.6 Å². The Morgan fingerprint density at radius 1 is 0.606 bits per heavy atom. The molecule has 0 saturated carbocycles. The van der Waals surface area contributed by atoms with Gasteiger partial charge in [0.05, 0.1) is 46.2 Å². The van der Waals surface area contributed by atoms with Gasteiger partial charge in [-0.05, 0) is 47.2 Å². The number of hydrogen-bond acceptors (Lipinski definition) is 7. The number of pyridine rings is 2. The molecule has 3 aromatic heterocycles. The Kier molecular flexibility index (Phi) is 6.54. The van der Waals surface area contributed by atoms with Gasteiger partial charge in [0.2, 0.25) is 0 Å². The summed E-state index contributed by atoms with van der Waals surface area (Å²) in [6.07, 6.45) is 8.62. The Morgan fingerprint density at radius 2 is 1.06 bits per heavy atom.